The molecule has 0 saturated heterocycles. The summed E-state index contributed by atoms with van der Waals surface area (Å²) in [5, 5.41) is 23.2. The van der Waals surface area contributed by atoms with Crippen molar-refractivity contribution in [3.8, 4) is 16.9 Å². The van der Waals surface area contributed by atoms with Gasteiger partial charge in [0.1, 0.15) is 19.0 Å². The zero-order valence-electron chi connectivity index (χ0n) is 19.1. The summed E-state index contributed by atoms with van der Waals surface area (Å²) in [5.41, 5.74) is 3.05. The number of aliphatic hydroxyl groups is 2. The molecule has 8 heteroatoms. The molecular weight excluding hydrogens is 448 g/mol. The van der Waals surface area contributed by atoms with Crippen molar-refractivity contribution < 1.29 is 29.3 Å². The standard InChI is InChI=1S/C27H28N2O6/c30-16-17-35-23-12-10-21(11-13-23)20-6-8-22(9-7-20)26(33)29-25(24(32)18-31)27(34)28-15-14-19-4-2-1-3-5-19/h1-13,25,30-31H,14-18H2,(H,28,34)(H,29,33). The third-order valence-electron chi connectivity index (χ3n) is 5.27. The fourth-order valence-electron chi connectivity index (χ4n) is 3.40. The van der Waals surface area contributed by atoms with Crippen molar-refractivity contribution in [3.05, 3.63) is 90.0 Å². The van der Waals surface area contributed by atoms with Crippen LogP contribution in [-0.2, 0) is 16.0 Å². The summed E-state index contributed by atoms with van der Waals surface area (Å²) in [7, 11) is 0. The third-order valence-corrected chi connectivity index (χ3v) is 5.27. The van der Waals surface area contributed by atoms with Gasteiger partial charge in [0, 0.05) is 12.1 Å². The summed E-state index contributed by atoms with van der Waals surface area (Å²) in [4.78, 5) is 37.4. The van der Waals surface area contributed by atoms with Gasteiger partial charge in [0.2, 0.25) is 5.91 Å². The number of benzene rings is 3. The van der Waals surface area contributed by atoms with E-state index < -0.39 is 30.2 Å². The van der Waals surface area contributed by atoms with Crippen LogP contribution in [0.1, 0.15) is 15.9 Å². The summed E-state index contributed by atoms with van der Waals surface area (Å²) in [6.45, 7) is -0.431. The second-order valence-corrected chi connectivity index (χ2v) is 7.73. The Morgan fingerprint density at radius 1 is 0.829 bits per heavy atom. The van der Waals surface area contributed by atoms with Gasteiger partial charge in [-0.2, -0.15) is 0 Å². The fourth-order valence-corrected chi connectivity index (χ4v) is 3.40. The van der Waals surface area contributed by atoms with E-state index in [1.807, 2.05) is 42.5 Å². The normalized spacial score (nSPS) is 11.4. The Bertz CT molecular complexity index is 1110. The van der Waals surface area contributed by atoms with Crippen molar-refractivity contribution in [1.82, 2.24) is 10.6 Å². The van der Waals surface area contributed by atoms with Crippen molar-refractivity contribution in [3.63, 3.8) is 0 Å². The molecule has 0 aliphatic heterocycles. The molecule has 1 atom stereocenters. The van der Waals surface area contributed by atoms with E-state index in [0.29, 0.717) is 12.2 Å². The second kappa shape index (κ2) is 13.0. The van der Waals surface area contributed by atoms with Crippen molar-refractivity contribution in [2.45, 2.75) is 12.5 Å². The van der Waals surface area contributed by atoms with E-state index in [4.69, 9.17) is 9.84 Å². The van der Waals surface area contributed by atoms with Gasteiger partial charge in [0.05, 0.1) is 6.61 Å². The lowest BCUT2D eigenvalue weighted by Crippen LogP contribution is -2.52. The minimum Gasteiger partial charge on any atom is -0.491 e. The average molecular weight is 477 g/mol. The van der Waals surface area contributed by atoms with Gasteiger partial charge >= 0.3 is 0 Å². The Hall–Kier alpha value is -4.01. The SMILES string of the molecule is O=C(NC(C(=O)CO)C(=O)NCCc1ccccc1)c1ccc(-c2ccc(OCCO)cc2)cc1. The Morgan fingerprint density at radius 3 is 2.06 bits per heavy atom. The van der Waals surface area contributed by atoms with E-state index in [1.54, 1.807) is 36.4 Å². The zero-order chi connectivity index (χ0) is 25.0. The highest BCUT2D eigenvalue weighted by Crippen LogP contribution is 2.23. The van der Waals surface area contributed by atoms with E-state index >= 15 is 0 Å². The van der Waals surface area contributed by atoms with Crippen LogP contribution in [0.5, 0.6) is 5.75 Å². The lowest BCUT2D eigenvalue weighted by atomic mass is 10.0. The van der Waals surface area contributed by atoms with Crippen LogP contribution < -0.4 is 15.4 Å². The molecule has 182 valence electrons. The molecule has 2 amide bonds. The average Bonchev–Trinajstić information content (AvgIpc) is 2.91. The molecule has 0 saturated carbocycles. The first-order valence-corrected chi connectivity index (χ1v) is 11.2. The fraction of sp³-hybridized carbons (Fsp3) is 0.222. The van der Waals surface area contributed by atoms with E-state index in [0.717, 1.165) is 16.7 Å². The van der Waals surface area contributed by atoms with Crippen molar-refractivity contribution >= 4 is 17.6 Å². The minimum atomic E-state index is -1.49. The van der Waals surface area contributed by atoms with Crippen LogP contribution in [0, 0.1) is 0 Å². The number of hydrogen-bond acceptors (Lipinski definition) is 6. The smallest absolute Gasteiger partial charge is 0.252 e. The van der Waals surface area contributed by atoms with Crippen LogP contribution in [0.25, 0.3) is 11.1 Å². The topological polar surface area (TPSA) is 125 Å². The molecule has 35 heavy (non-hydrogen) atoms. The number of ketones is 1. The van der Waals surface area contributed by atoms with Crippen LogP contribution >= 0.6 is 0 Å². The molecule has 0 spiro atoms. The molecular formula is C27H28N2O6. The van der Waals surface area contributed by atoms with Gasteiger partial charge in [-0.3, -0.25) is 14.4 Å². The van der Waals surface area contributed by atoms with Crippen LogP contribution in [0.3, 0.4) is 0 Å². The maximum Gasteiger partial charge on any atom is 0.252 e. The van der Waals surface area contributed by atoms with E-state index in [-0.39, 0.29) is 25.3 Å². The first kappa shape index (κ1) is 25.6. The van der Waals surface area contributed by atoms with Gasteiger partial charge in [-0.05, 0) is 47.4 Å². The van der Waals surface area contributed by atoms with Gasteiger partial charge in [0.15, 0.2) is 11.8 Å². The molecule has 0 fully saturated rings. The van der Waals surface area contributed by atoms with Gasteiger partial charge in [0.25, 0.3) is 5.91 Å². The van der Waals surface area contributed by atoms with Gasteiger partial charge < -0.3 is 25.6 Å². The number of rotatable bonds is 12. The predicted octanol–water partition coefficient (Wildman–Crippen LogP) is 1.74. The molecule has 0 aliphatic carbocycles. The first-order chi connectivity index (χ1) is 17.0. The number of carbonyl (C=O) groups excluding carboxylic acids is 3. The van der Waals surface area contributed by atoms with E-state index in [1.165, 1.54) is 0 Å². The summed E-state index contributed by atoms with van der Waals surface area (Å²) < 4.78 is 5.35. The lowest BCUT2D eigenvalue weighted by Gasteiger charge is -2.17. The van der Waals surface area contributed by atoms with Gasteiger partial charge in [-0.25, -0.2) is 0 Å². The highest BCUT2D eigenvalue weighted by atomic mass is 16.5. The maximum absolute atomic E-state index is 12.7. The Morgan fingerprint density at radius 2 is 1.46 bits per heavy atom. The minimum absolute atomic E-state index is 0.0641. The van der Waals surface area contributed by atoms with Crippen molar-refractivity contribution in [1.29, 1.82) is 0 Å². The Balaban J connectivity index is 1.60. The Kier molecular flexibility index (Phi) is 9.53. The molecule has 0 bridgehead atoms. The molecule has 0 heterocycles. The zero-order valence-corrected chi connectivity index (χ0v) is 19.1. The number of amides is 2. The molecule has 0 aromatic heterocycles. The molecule has 0 radical (unpaired) electrons. The largest absolute Gasteiger partial charge is 0.491 e. The quantitative estimate of drug-likeness (QED) is 0.295. The number of nitrogens with one attached hydrogen (secondary N) is 2. The second-order valence-electron chi connectivity index (χ2n) is 7.73. The molecule has 3 aromatic rings. The van der Waals surface area contributed by atoms with E-state index in [9.17, 15) is 19.5 Å². The molecule has 3 aromatic carbocycles. The number of ether oxygens (including phenoxy) is 1. The molecule has 8 nitrogen and oxygen atoms in total. The van der Waals surface area contributed by atoms with Crippen LogP contribution in [0.15, 0.2) is 78.9 Å². The summed E-state index contributed by atoms with van der Waals surface area (Å²) in [6, 6.07) is 22.0. The monoisotopic (exact) mass is 476 g/mol. The molecule has 1 unspecified atom stereocenters. The first-order valence-electron chi connectivity index (χ1n) is 11.2. The molecule has 3 rings (SSSR count). The summed E-state index contributed by atoms with van der Waals surface area (Å²) in [5.74, 6) is -1.43. The number of carbonyl (C=O) groups is 3. The highest BCUT2D eigenvalue weighted by molar-refractivity contribution is 6.10. The van der Waals surface area contributed by atoms with Crippen molar-refractivity contribution in [2.75, 3.05) is 26.4 Å². The number of aliphatic hydroxyl groups excluding tert-OH is 2. The maximum atomic E-state index is 12.7. The van der Waals surface area contributed by atoms with Crippen LogP contribution in [-0.4, -0.2) is 60.2 Å². The lowest BCUT2D eigenvalue weighted by molar-refractivity contribution is -0.132. The third kappa shape index (κ3) is 7.49. The number of Topliss-reactive ketones (excluding diaryl/α,β-unsaturated/α-hetero) is 1. The highest BCUT2D eigenvalue weighted by Gasteiger charge is 2.27. The van der Waals surface area contributed by atoms with E-state index in [2.05, 4.69) is 10.6 Å². The molecule has 0 aliphatic rings. The number of hydrogen-bond donors (Lipinski definition) is 4. The Labute approximate surface area is 203 Å². The van der Waals surface area contributed by atoms with Gasteiger partial charge in [-0.15, -0.1) is 0 Å². The van der Waals surface area contributed by atoms with Crippen LogP contribution in [0.2, 0.25) is 0 Å². The van der Waals surface area contributed by atoms with Gasteiger partial charge in [-0.1, -0.05) is 54.6 Å². The molecule has 4 N–H and O–H groups in total. The summed E-state index contributed by atoms with van der Waals surface area (Å²) in [6.07, 6.45) is 0.566. The summed E-state index contributed by atoms with van der Waals surface area (Å²) >= 11 is 0. The van der Waals surface area contributed by atoms with Crippen LogP contribution in [0.4, 0.5) is 0 Å². The van der Waals surface area contributed by atoms with Crippen molar-refractivity contribution in [2.24, 2.45) is 0 Å². The predicted molar refractivity (Wildman–Crippen MR) is 131 cm³/mol.